The number of thiazole rings is 1. The van der Waals surface area contributed by atoms with Crippen LogP contribution in [0.15, 0.2) is 28.5 Å². The Labute approximate surface area is 145 Å². The van der Waals surface area contributed by atoms with Crippen molar-refractivity contribution in [1.82, 2.24) is 9.29 Å². The van der Waals surface area contributed by atoms with Gasteiger partial charge in [-0.05, 0) is 43.5 Å². The predicted octanol–water partition coefficient (Wildman–Crippen LogP) is 2.29. The van der Waals surface area contributed by atoms with Gasteiger partial charge in [-0.2, -0.15) is 0 Å². The number of hydrogen-bond donors (Lipinski definition) is 0. The molecule has 24 heavy (non-hydrogen) atoms. The zero-order chi connectivity index (χ0) is 17.5. The second-order valence-electron chi connectivity index (χ2n) is 5.89. The highest BCUT2D eigenvalue weighted by molar-refractivity contribution is 7.89. The Hall–Kier alpha value is -1.77. The number of carbonyl (C=O) groups excluding carboxylic acids is 1. The van der Waals surface area contributed by atoms with Crippen LogP contribution in [0.1, 0.15) is 27.5 Å². The first-order valence-electron chi connectivity index (χ1n) is 7.60. The van der Waals surface area contributed by atoms with Crippen LogP contribution in [-0.4, -0.2) is 44.3 Å². The van der Waals surface area contributed by atoms with Crippen LogP contribution in [0.4, 0.5) is 5.69 Å². The Morgan fingerprint density at radius 1 is 1.33 bits per heavy atom. The maximum Gasteiger partial charge on any atom is 0.277 e. The van der Waals surface area contributed by atoms with Gasteiger partial charge in [0.2, 0.25) is 10.0 Å². The number of fused-ring (bicyclic) bond motifs is 1. The number of aromatic nitrogens is 1. The molecule has 1 aromatic carbocycles. The summed E-state index contributed by atoms with van der Waals surface area (Å²) in [6, 6.07) is 4.96. The van der Waals surface area contributed by atoms with Crippen LogP contribution >= 0.6 is 11.3 Å². The molecule has 1 aromatic heterocycles. The first-order chi connectivity index (χ1) is 11.3. The van der Waals surface area contributed by atoms with E-state index in [2.05, 4.69) is 4.98 Å². The number of nitrogens with zero attached hydrogens (tertiary/aromatic N) is 3. The number of hydrogen-bond acceptors (Lipinski definition) is 5. The zero-order valence-corrected chi connectivity index (χ0v) is 15.4. The number of sulfonamides is 1. The van der Waals surface area contributed by atoms with Gasteiger partial charge in [0.1, 0.15) is 5.69 Å². The minimum Gasteiger partial charge on any atom is -0.307 e. The first kappa shape index (κ1) is 17.1. The van der Waals surface area contributed by atoms with Crippen molar-refractivity contribution < 1.29 is 13.2 Å². The van der Waals surface area contributed by atoms with Gasteiger partial charge in [-0.15, -0.1) is 11.3 Å². The SMILES string of the molecule is Cc1nc(C(=O)N2CCCc3cc(S(=O)(=O)N(C)C)ccc32)cs1. The molecule has 2 heterocycles. The maximum atomic E-state index is 12.7. The van der Waals surface area contributed by atoms with Gasteiger partial charge in [-0.1, -0.05) is 0 Å². The summed E-state index contributed by atoms with van der Waals surface area (Å²) in [7, 11) is -0.460. The van der Waals surface area contributed by atoms with Crippen LogP contribution in [0, 0.1) is 6.92 Å². The highest BCUT2D eigenvalue weighted by Gasteiger charge is 2.27. The predicted molar refractivity (Wildman–Crippen MR) is 94.2 cm³/mol. The third kappa shape index (κ3) is 2.97. The van der Waals surface area contributed by atoms with E-state index in [1.54, 1.807) is 28.5 Å². The lowest BCUT2D eigenvalue weighted by Crippen LogP contribution is -2.36. The van der Waals surface area contributed by atoms with E-state index in [0.717, 1.165) is 29.1 Å². The van der Waals surface area contributed by atoms with Crippen molar-refractivity contribution in [2.24, 2.45) is 0 Å². The summed E-state index contributed by atoms with van der Waals surface area (Å²) >= 11 is 1.44. The number of anilines is 1. The van der Waals surface area contributed by atoms with Gasteiger partial charge >= 0.3 is 0 Å². The van der Waals surface area contributed by atoms with Crippen molar-refractivity contribution in [3.05, 3.63) is 39.8 Å². The number of aryl methyl sites for hydroxylation is 2. The van der Waals surface area contributed by atoms with E-state index in [4.69, 9.17) is 0 Å². The smallest absolute Gasteiger partial charge is 0.277 e. The molecule has 1 amide bonds. The number of amides is 1. The summed E-state index contributed by atoms with van der Waals surface area (Å²) in [5.41, 5.74) is 2.09. The van der Waals surface area contributed by atoms with Gasteiger partial charge in [-0.3, -0.25) is 4.79 Å². The fourth-order valence-electron chi connectivity index (χ4n) is 2.76. The molecule has 3 rings (SSSR count). The zero-order valence-electron chi connectivity index (χ0n) is 13.8. The summed E-state index contributed by atoms with van der Waals surface area (Å²) in [5.74, 6) is -0.136. The van der Waals surface area contributed by atoms with Gasteiger partial charge in [0, 0.05) is 31.7 Å². The highest BCUT2D eigenvalue weighted by Crippen LogP contribution is 2.31. The van der Waals surface area contributed by atoms with E-state index >= 15 is 0 Å². The van der Waals surface area contributed by atoms with Gasteiger partial charge in [-0.25, -0.2) is 17.7 Å². The van der Waals surface area contributed by atoms with Crippen LogP contribution in [0.2, 0.25) is 0 Å². The Morgan fingerprint density at radius 2 is 2.08 bits per heavy atom. The van der Waals surface area contributed by atoms with Crippen molar-refractivity contribution in [3.63, 3.8) is 0 Å². The van der Waals surface area contributed by atoms with Crippen molar-refractivity contribution >= 4 is 33.0 Å². The lowest BCUT2D eigenvalue weighted by Gasteiger charge is -2.29. The molecule has 0 radical (unpaired) electrons. The van der Waals surface area contributed by atoms with Crippen LogP contribution in [0.3, 0.4) is 0 Å². The standard InChI is InChI=1S/C16H19N3O3S2/c1-11-17-14(10-23-11)16(20)19-8-4-5-12-9-13(6-7-15(12)19)24(21,22)18(2)3/h6-7,9-10H,4-5,8H2,1-3H3. The van der Waals surface area contributed by atoms with Crippen LogP contribution in [0.5, 0.6) is 0 Å². The molecule has 0 atom stereocenters. The average Bonchev–Trinajstić information content (AvgIpc) is 2.99. The molecule has 0 saturated carbocycles. The quantitative estimate of drug-likeness (QED) is 0.837. The second kappa shape index (κ2) is 6.27. The molecule has 2 aromatic rings. The molecule has 0 saturated heterocycles. The average molecular weight is 365 g/mol. The summed E-state index contributed by atoms with van der Waals surface area (Å²) in [6.45, 7) is 2.48. The van der Waals surface area contributed by atoms with E-state index in [9.17, 15) is 13.2 Å². The molecule has 1 aliphatic heterocycles. The van der Waals surface area contributed by atoms with E-state index in [0.29, 0.717) is 12.2 Å². The summed E-state index contributed by atoms with van der Waals surface area (Å²) < 4.78 is 25.8. The summed E-state index contributed by atoms with van der Waals surface area (Å²) in [6.07, 6.45) is 1.55. The maximum absolute atomic E-state index is 12.7. The Morgan fingerprint density at radius 3 is 2.71 bits per heavy atom. The first-order valence-corrected chi connectivity index (χ1v) is 9.92. The molecule has 0 bridgehead atoms. The van der Waals surface area contributed by atoms with Crippen LogP contribution < -0.4 is 4.90 Å². The fourth-order valence-corrected chi connectivity index (χ4v) is 4.30. The second-order valence-corrected chi connectivity index (χ2v) is 9.10. The van der Waals surface area contributed by atoms with Gasteiger partial charge in [0.15, 0.2) is 0 Å². The number of benzene rings is 1. The minimum atomic E-state index is -3.48. The van der Waals surface area contributed by atoms with Gasteiger partial charge in [0.05, 0.1) is 9.90 Å². The lowest BCUT2D eigenvalue weighted by molar-refractivity contribution is 0.0981. The summed E-state index contributed by atoms with van der Waals surface area (Å²) in [4.78, 5) is 18.9. The Bertz CT molecular complexity index is 888. The molecular weight excluding hydrogens is 346 g/mol. The summed E-state index contributed by atoms with van der Waals surface area (Å²) in [5, 5.41) is 2.61. The number of rotatable bonds is 3. The topological polar surface area (TPSA) is 70.6 Å². The molecule has 0 fully saturated rings. The molecule has 128 valence electrons. The third-order valence-corrected chi connectivity index (χ3v) is 6.62. The minimum absolute atomic E-state index is 0.136. The highest BCUT2D eigenvalue weighted by atomic mass is 32.2. The molecule has 6 nitrogen and oxygen atoms in total. The van der Waals surface area contributed by atoms with E-state index in [1.165, 1.54) is 29.7 Å². The largest absolute Gasteiger partial charge is 0.307 e. The molecule has 0 N–H and O–H groups in total. The normalized spacial score (nSPS) is 14.8. The van der Waals surface area contributed by atoms with E-state index in [-0.39, 0.29) is 10.8 Å². The van der Waals surface area contributed by atoms with Crippen molar-refractivity contribution in [2.75, 3.05) is 25.5 Å². The van der Waals surface area contributed by atoms with E-state index < -0.39 is 10.0 Å². The van der Waals surface area contributed by atoms with E-state index in [1.807, 2.05) is 6.92 Å². The molecule has 1 aliphatic rings. The van der Waals surface area contributed by atoms with Gasteiger partial charge < -0.3 is 4.90 Å². The van der Waals surface area contributed by atoms with Gasteiger partial charge in [0.25, 0.3) is 5.91 Å². The molecule has 0 spiro atoms. The fraction of sp³-hybridized carbons (Fsp3) is 0.375. The molecule has 0 aliphatic carbocycles. The molecular formula is C16H19N3O3S2. The van der Waals surface area contributed by atoms with Crippen molar-refractivity contribution in [2.45, 2.75) is 24.7 Å². The van der Waals surface area contributed by atoms with Crippen LogP contribution in [0.25, 0.3) is 0 Å². The number of carbonyl (C=O) groups is 1. The molecule has 8 heteroatoms. The van der Waals surface area contributed by atoms with Crippen LogP contribution in [-0.2, 0) is 16.4 Å². The molecule has 0 unspecified atom stereocenters. The van der Waals surface area contributed by atoms with Crippen molar-refractivity contribution in [1.29, 1.82) is 0 Å². The lowest BCUT2D eigenvalue weighted by atomic mass is 10.0. The Balaban J connectivity index is 1.99. The third-order valence-electron chi connectivity index (χ3n) is 4.03. The van der Waals surface area contributed by atoms with Crippen molar-refractivity contribution in [3.8, 4) is 0 Å². The Kier molecular flexibility index (Phi) is 4.46. The monoisotopic (exact) mass is 365 g/mol.